The van der Waals surface area contributed by atoms with Crippen LogP contribution in [-0.2, 0) is 20.3 Å². The molecule has 0 unspecified atom stereocenters. The van der Waals surface area contributed by atoms with Crippen LogP contribution in [0.5, 0.6) is 5.75 Å². The second kappa shape index (κ2) is 11.0. The first-order valence-corrected chi connectivity index (χ1v) is 14.1. The van der Waals surface area contributed by atoms with E-state index in [0.29, 0.717) is 32.4 Å². The molecule has 0 aliphatic carbocycles. The van der Waals surface area contributed by atoms with E-state index in [-0.39, 0.29) is 29.4 Å². The minimum absolute atomic E-state index is 0.0848. The van der Waals surface area contributed by atoms with Crippen LogP contribution in [0.25, 0.3) is 16.0 Å². The van der Waals surface area contributed by atoms with Crippen LogP contribution in [0.15, 0.2) is 54.9 Å². The summed E-state index contributed by atoms with van der Waals surface area (Å²) < 4.78 is 37.7. The van der Waals surface area contributed by atoms with Crippen LogP contribution < -0.4 is 4.74 Å². The monoisotopic (exact) mass is 548 g/mol. The number of carbonyl (C=O) groups is 1. The number of ether oxygens (including phenoxy) is 2. The van der Waals surface area contributed by atoms with Gasteiger partial charge in [0.05, 0.1) is 29.6 Å². The number of hydrogen-bond donors (Lipinski definition) is 1. The molecule has 190 valence electrons. The summed E-state index contributed by atoms with van der Waals surface area (Å²) in [6.45, 7) is 1.67. The molecule has 0 spiro atoms. The van der Waals surface area contributed by atoms with Gasteiger partial charge < -0.3 is 14.6 Å². The Morgan fingerprint density at radius 3 is 2.72 bits per heavy atom. The summed E-state index contributed by atoms with van der Waals surface area (Å²) in [5.74, 6) is -0.416. The number of aromatic nitrogens is 2. The Morgan fingerprint density at radius 2 is 2.00 bits per heavy atom. The minimum Gasteiger partial charge on any atom is -0.484 e. The SMILES string of the molecule is COC(=O)c1sc(-n2cnc3ccc(CS(=O)(=O)CCCO)cc32)cc1O[C@H](C)c1ccccc1Cl. The Labute approximate surface area is 218 Å². The molecule has 4 rings (SSSR count). The summed E-state index contributed by atoms with van der Waals surface area (Å²) in [4.78, 5) is 17.2. The van der Waals surface area contributed by atoms with Crippen molar-refractivity contribution in [3.05, 3.63) is 75.9 Å². The molecule has 0 amide bonds. The maximum Gasteiger partial charge on any atom is 0.351 e. The number of halogens is 1. The van der Waals surface area contributed by atoms with Crippen molar-refractivity contribution in [1.29, 1.82) is 0 Å². The number of aliphatic hydroxyl groups excluding tert-OH is 1. The van der Waals surface area contributed by atoms with Crippen LogP contribution in [0.2, 0.25) is 5.02 Å². The first-order chi connectivity index (χ1) is 17.2. The first kappa shape index (κ1) is 26.2. The zero-order chi connectivity index (χ0) is 25.9. The van der Waals surface area contributed by atoms with Gasteiger partial charge in [-0.1, -0.05) is 35.9 Å². The molecule has 8 nitrogen and oxygen atoms in total. The third kappa shape index (κ3) is 5.73. The maximum atomic E-state index is 12.5. The number of methoxy groups -OCH3 is 1. The molecular formula is C25H25ClN2O6S2. The predicted octanol–water partition coefficient (Wildman–Crippen LogP) is 4.96. The van der Waals surface area contributed by atoms with Crippen molar-refractivity contribution in [2.75, 3.05) is 19.5 Å². The molecular weight excluding hydrogens is 524 g/mol. The van der Waals surface area contributed by atoms with E-state index in [1.54, 1.807) is 41.2 Å². The molecule has 0 fully saturated rings. The van der Waals surface area contributed by atoms with Gasteiger partial charge in [0.1, 0.15) is 23.2 Å². The lowest BCUT2D eigenvalue weighted by Gasteiger charge is -2.16. The number of imidazole rings is 1. The highest BCUT2D eigenvalue weighted by atomic mass is 35.5. The highest BCUT2D eigenvalue weighted by Crippen LogP contribution is 2.37. The van der Waals surface area contributed by atoms with Gasteiger partial charge in [0.2, 0.25) is 0 Å². The van der Waals surface area contributed by atoms with Crippen molar-refractivity contribution in [3.63, 3.8) is 0 Å². The summed E-state index contributed by atoms with van der Waals surface area (Å²) in [7, 11) is -2.06. The zero-order valence-corrected chi connectivity index (χ0v) is 22.1. The molecule has 0 bridgehead atoms. The fourth-order valence-electron chi connectivity index (χ4n) is 3.79. The van der Waals surface area contributed by atoms with Crippen molar-refractivity contribution < 1.29 is 27.8 Å². The van der Waals surface area contributed by atoms with E-state index < -0.39 is 21.9 Å². The average Bonchev–Trinajstić information content (AvgIpc) is 3.46. The molecule has 0 radical (unpaired) electrons. The summed E-state index contributed by atoms with van der Waals surface area (Å²) in [5, 5.41) is 10.2. The van der Waals surface area contributed by atoms with Gasteiger partial charge in [0.25, 0.3) is 0 Å². The summed E-state index contributed by atoms with van der Waals surface area (Å²) in [5.41, 5.74) is 2.75. The van der Waals surface area contributed by atoms with Gasteiger partial charge in [-0.3, -0.25) is 4.57 Å². The Balaban J connectivity index is 1.70. The molecule has 11 heteroatoms. The molecule has 2 heterocycles. The van der Waals surface area contributed by atoms with Crippen LogP contribution in [0.4, 0.5) is 0 Å². The van der Waals surface area contributed by atoms with E-state index in [2.05, 4.69) is 4.98 Å². The van der Waals surface area contributed by atoms with Crippen LogP contribution >= 0.6 is 22.9 Å². The quantitative estimate of drug-likeness (QED) is 0.279. The lowest BCUT2D eigenvalue weighted by molar-refractivity contribution is 0.0600. The molecule has 0 aliphatic rings. The third-order valence-electron chi connectivity index (χ3n) is 5.55. The molecule has 4 aromatic rings. The zero-order valence-electron chi connectivity index (χ0n) is 19.7. The molecule has 2 aromatic carbocycles. The van der Waals surface area contributed by atoms with E-state index in [1.807, 2.05) is 25.1 Å². The molecule has 0 aliphatic heterocycles. The number of carbonyl (C=O) groups excluding carboxylic acids is 1. The summed E-state index contributed by atoms with van der Waals surface area (Å²) in [6, 6.07) is 14.3. The van der Waals surface area contributed by atoms with Crippen molar-refractivity contribution in [2.45, 2.75) is 25.2 Å². The van der Waals surface area contributed by atoms with Gasteiger partial charge in [0.15, 0.2) is 14.7 Å². The van der Waals surface area contributed by atoms with Crippen molar-refractivity contribution >= 4 is 49.8 Å². The number of rotatable bonds is 10. The van der Waals surface area contributed by atoms with Crippen molar-refractivity contribution in [2.24, 2.45) is 0 Å². The van der Waals surface area contributed by atoms with E-state index in [9.17, 15) is 13.2 Å². The fourth-order valence-corrected chi connectivity index (χ4v) is 6.47. The Kier molecular flexibility index (Phi) is 7.99. The van der Waals surface area contributed by atoms with E-state index in [4.69, 9.17) is 26.2 Å². The average molecular weight is 549 g/mol. The molecule has 1 N–H and O–H groups in total. The molecule has 0 saturated carbocycles. The largest absolute Gasteiger partial charge is 0.484 e. The maximum absolute atomic E-state index is 12.5. The summed E-state index contributed by atoms with van der Waals surface area (Å²) in [6.07, 6.45) is 1.38. The van der Waals surface area contributed by atoms with Gasteiger partial charge in [-0.05, 0) is 37.1 Å². The van der Waals surface area contributed by atoms with Gasteiger partial charge in [0, 0.05) is 23.3 Å². The van der Waals surface area contributed by atoms with E-state index in [1.165, 1.54) is 18.4 Å². The number of thiophene rings is 1. The highest BCUT2D eigenvalue weighted by Gasteiger charge is 2.23. The third-order valence-corrected chi connectivity index (χ3v) is 8.68. The smallest absolute Gasteiger partial charge is 0.351 e. The number of benzene rings is 2. The fraction of sp³-hybridized carbons (Fsp3) is 0.280. The number of sulfone groups is 1. The Morgan fingerprint density at radius 1 is 1.22 bits per heavy atom. The minimum atomic E-state index is -3.37. The van der Waals surface area contributed by atoms with Gasteiger partial charge >= 0.3 is 5.97 Å². The topological polar surface area (TPSA) is 108 Å². The van der Waals surface area contributed by atoms with Crippen LogP contribution in [0.1, 0.15) is 40.2 Å². The van der Waals surface area contributed by atoms with E-state index in [0.717, 1.165) is 5.56 Å². The van der Waals surface area contributed by atoms with Gasteiger partial charge in [-0.15, -0.1) is 11.3 Å². The van der Waals surface area contributed by atoms with Crippen LogP contribution in [-0.4, -0.2) is 48.5 Å². The number of nitrogens with zero attached hydrogens (tertiary/aromatic N) is 2. The van der Waals surface area contributed by atoms with Crippen molar-refractivity contribution in [3.8, 4) is 10.8 Å². The van der Waals surface area contributed by atoms with Crippen molar-refractivity contribution in [1.82, 2.24) is 9.55 Å². The number of aliphatic hydroxyl groups is 1. The Hall–Kier alpha value is -2.92. The lowest BCUT2D eigenvalue weighted by Crippen LogP contribution is -2.10. The Bertz CT molecular complexity index is 1500. The second-order valence-electron chi connectivity index (χ2n) is 8.16. The molecule has 36 heavy (non-hydrogen) atoms. The molecule has 2 aromatic heterocycles. The number of esters is 1. The lowest BCUT2D eigenvalue weighted by atomic mass is 10.1. The number of fused-ring (bicyclic) bond motifs is 1. The van der Waals surface area contributed by atoms with Gasteiger partial charge in [-0.25, -0.2) is 18.2 Å². The molecule has 1 atom stereocenters. The van der Waals surface area contributed by atoms with Crippen LogP contribution in [0, 0.1) is 0 Å². The standard InChI is InChI=1S/C25H25ClN2O6S2/c1-16(18-6-3-4-7-19(18)26)34-22-13-23(35-24(22)25(30)33-2)28-15-27-20-9-8-17(12-21(20)28)14-36(31,32)11-5-10-29/h3-4,6-9,12-13,15-16,29H,5,10-11,14H2,1-2H3/t16-/m1/s1. The highest BCUT2D eigenvalue weighted by molar-refractivity contribution is 7.90. The molecule has 0 saturated heterocycles. The predicted molar refractivity (Wildman–Crippen MR) is 140 cm³/mol. The van der Waals surface area contributed by atoms with E-state index >= 15 is 0 Å². The van der Waals surface area contributed by atoms with Crippen LogP contribution in [0.3, 0.4) is 0 Å². The van der Waals surface area contributed by atoms with Gasteiger partial charge in [-0.2, -0.15) is 0 Å². The normalized spacial score (nSPS) is 12.6. The summed E-state index contributed by atoms with van der Waals surface area (Å²) >= 11 is 7.50. The second-order valence-corrected chi connectivity index (χ2v) is 11.8. The first-order valence-electron chi connectivity index (χ1n) is 11.1. The number of hydrogen-bond acceptors (Lipinski definition) is 8.